The number of phenols is 1. The number of hydrogen-bond acceptors (Lipinski definition) is 10. The summed E-state index contributed by atoms with van der Waals surface area (Å²) in [6.45, 7) is 0. The molecule has 1 amide bonds. The summed E-state index contributed by atoms with van der Waals surface area (Å²) in [6.07, 6.45) is 1.05. The van der Waals surface area contributed by atoms with Crippen LogP contribution >= 0.6 is 0 Å². The normalized spacial score (nSPS) is 28.3. The van der Waals surface area contributed by atoms with Crippen molar-refractivity contribution in [2.45, 2.75) is 24.5 Å². The third-order valence-electron chi connectivity index (χ3n) is 8.47. The van der Waals surface area contributed by atoms with Crippen LogP contribution in [0.4, 0.5) is 5.69 Å². The molecule has 2 saturated carbocycles. The highest BCUT2D eigenvalue weighted by Crippen LogP contribution is 2.50. The van der Waals surface area contributed by atoms with Crippen LogP contribution in [0.15, 0.2) is 36.4 Å². The number of benzene rings is 2. The van der Waals surface area contributed by atoms with Gasteiger partial charge in [0.25, 0.3) is 0 Å². The van der Waals surface area contributed by atoms with E-state index >= 15 is 0 Å². The van der Waals surface area contributed by atoms with Crippen LogP contribution in [0, 0.1) is 35.5 Å². The average Bonchev–Trinajstić information content (AvgIpc) is 2.90. The highest BCUT2D eigenvalue weighted by Gasteiger charge is 2.69. The molecular weight excluding hydrogens is 578 g/mol. The fourth-order valence-corrected chi connectivity index (χ4v) is 7.26. The monoisotopic (exact) mass is 607 g/mol. The van der Waals surface area contributed by atoms with Gasteiger partial charge in [0.1, 0.15) is 5.75 Å². The number of rotatable bonds is 4. The molecule has 3 aliphatic rings. The summed E-state index contributed by atoms with van der Waals surface area (Å²) >= 11 is 0. The molecule has 0 spiro atoms. The van der Waals surface area contributed by atoms with Gasteiger partial charge in [-0.1, -0.05) is 11.8 Å². The number of carbonyl (C=O) groups excluding carboxylic acids is 5. The molecule has 0 saturated heterocycles. The smallest absolute Gasteiger partial charge is 0.235 e. The number of ketones is 4. The summed E-state index contributed by atoms with van der Waals surface area (Å²) in [4.78, 5) is 67.8. The first-order valence-electron chi connectivity index (χ1n) is 13.4. The Kier molecular flexibility index (Phi) is 7.28. The number of primary amides is 1. The molecule has 2 unspecified atom stereocenters. The minimum atomic E-state index is -3.45. The summed E-state index contributed by atoms with van der Waals surface area (Å²) in [5.74, 6) is -5.27. The zero-order valence-electron chi connectivity index (χ0n) is 23.5. The number of nitrogens with two attached hydrogens (primary N) is 1. The number of anilines is 1. The SMILES string of the molecule is CN(C)[C@@H]1C(=O)C(C(N)=O)C(=O)[C@@]2(O)C(=O)C3C(=O)c4c(O)ccc(C#Cc5ccc(NS(C)(=O)=O)cc5)c4C[C@H]3C[C@@H]12. The van der Waals surface area contributed by atoms with Crippen LogP contribution in [0.3, 0.4) is 0 Å². The predicted molar refractivity (Wildman–Crippen MR) is 152 cm³/mol. The quantitative estimate of drug-likeness (QED) is 0.263. The number of nitrogens with one attached hydrogen (secondary N) is 1. The van der Waals surface area contributed by atoms with E-state index in [4.69, 9.17) is 5.73 Å². The summed E-state index contributed by atoms with van der Waals surface area (Å²) in [6, 6.07) is 7.89. The maximum absolute atomic E-state index is 13.9. The molecule has 0 radical (unpaired) electrons. The Morgan fingerprint density at radius 3 is 2.28 bits per heavy atom. The van der Waals surface area contributed by atoms with Crippen molar-refractivity contribution >= 4 is 44.8 Å². The Morgan fingerprint density at radius 1 is 1.05 bits per heavy atom. The standard InChI is InChI=1S/C30H29N3O9S/c1-33(2)24-19-13-16-12-18-15(7-4-14-5-9-17(10-6-14)32-43(3,41)42)8-11-20(34)22(18)25(35)21(16)27(37)30(19,40)28(38)23(26(24)36)29(31)39/h5-6,8-11,16,19,21,23-24,32,34,40H,12-13H2,1-3H3,(H2,31,39)/t16-,19-,21?,23?,24-,30-/m0/s1. The van der Waals surface area contributed by atoms with Gasteiger partial charge in [-0.3, -0.25) is 33.6 Å². The highest BCUT2D eigenvalue weighted by molar-refractivity contribution is 7.92. The van der Waals surface area contributed by atoms with E-state index in [0.29, 0.717) is 22.4 Å². The van der Waals surface area contributed by atoms with Crippen molar-refractivity contribution in [3.8, 4) is 17.6 Å². The largest absolute Gasteiger partial charge is 0.507 e. The molecule has 5 rings (SSSR count). The van der Waals surface area contributed by atoms with Crippen molar-refractivity contribution in [3.05, 3.63) is 58.7 Å². The number of hydrogen-bond donors (Lipinski definition) is 4. The van der Waals surface area contributed by atoms with Crippen molar-refractivity contribution in [2.75, 3.05) is 25.1 Å². The Bertz CT molecular complexity index is 1770. The van der Waals surface area contributed by atoms with Gasteiger partial charge in [0.2, 0.25) is 15.9 Å². The van der Waals surface area contributed by atoms with Crippen LogP contribution < -0.4 is 10.5 Å². The van der Waals surface area contributed by atoms with Gasteiger partial charge in [0.05, 0.1) is 23.8 Å². The lowest BCUT2D eigenvalue weighted by molar-refractivity contribution is -0.181. The van der Waals surface area contributed by atoms with E-state index in [1.54, 1.807) is 12.1 Å². The minimum Gasteiger partial charge on any atom is -0.507 e. The number of amides is 1. The maximum Gasteiger partial charge on any atom is 0.235 e. The number of likely N-dealkylation sites (N-methyl/N-ethyl adjacent to an activating group) is 1. The second-order valence-electron chi connectivity index (χ2n) is 11.5. The maximum atomic E-state index is 13.9. The lowest BCUT2D eigenvalue weighted by Crippen LogP contribution is -2.74. The fourth-order valence-electron chi connectivity index (χ4n) is 6.70. The highest BCUT2D eigenvalue weighted by atomic mass is 32.2. The first-order valence-corrected chi connectivity index (χ1v) is 15.2. The van der Waals surface area contributed by atoms with Gasteiger partial charge >= 0.3 is 0 Å². The van der Waals surface area contributed by atoms with Crippen LogP contribution in [0.2, 0.25) is 0 Å². The zero-order chi connectivity index (χ0) is 31.6. The predicted octanol–water partition coefficient (Wildman–Crippen LogP) is -0.362. The topological polar surface area (TPSA) is 201 Å². The van der Waals surface area contributed by atoms with E-state index < -0.39 is 80.1 Å². The Labute approximate surface area is 247 Å². The summed E-state index contributed by atoms with van der Waals surface area (Å²) in [5.41, 5.74) is 4.08. The molecule has 2 fully saturated rings. The summed E-state index contributed by atoms with van der Waals surface area (Å²) < 4.78 is 25.3. The van der Waals surface area contributed by atoms with Gasteiger partial charge in [-0.25, -0.2) is 8.42 Å². The lowest BCUT2D eigenvalue weighted by Gasteiger charge is -2.52. The molecule has 3 aliphatic carbocycles. The van der Waals surface area contributed by atoms with E-state index in [-0.39, 0.29) is 18.4 Å². The Hall–Kier alpha value is -4.38. The molecule has 2 aromatic rings. The molecule has 0 bridgehead atoms. The van der Waals surface area contributed by atoms with E-state index in [9.17, 15) is 42.6 Å². The van der Waals surface area contributed by atoms with Crippen LogP contribution in [-0.2, 0) is 35.6 Å². The molecular formula is C30H29N3O9S. The second-order valence-corrected chi connectivity index (χ2v) is 13.2. The second kappa shape index (κ2) is 10.4. The van der Waals surface area contributed by atoms with Crippen LogP contribution in [-0.4, -0.2) is 84.6 Å². The van der Waals surface area contributed by atoms with Gasteiger partial charge in [0.15, 0.2) is 34.7 Å². The number of fused-ring (bicyclic) bond motifs is 3. The third-order valence-corrected chi connectivity index (χ3v) is 9.08. The van der Waals surface area contributed by atoms with Crippen molar-refractivity contribution in [1.29, 1.82) is 0 Å². The van der Waals surface area contributed by atoms with Crippen molar-refractivity contribution in [3.63, 3.8) is 0 Å². The number of nitrogens with zero attached hydrogens (tertiary/aromatic N) is 1. The van der Waals surface area contributed by atoms with Crippen LogP contribution in [0.1, 0.15) is 33.5 Å². The Morgan fingerprint density at radius 2 is 1.70 bits per heavy atom. The van der Waals surface area contributed by atoms with Crippen molar-refractivity contribution < 1.29 is 42.6 Å². The fraction of sp³-hybridized carbons (Fsp3) is 0.367. The summed E-state index contributed by atoms with van der Waals surface area (Å²) in [5, 5.41) is 22.3. The van der Waals surface area contributed by atoms with Gasteiger partial charge < -0.3 is 15.9 Å². The molecule has 0 aromatic heterocycles. The first kappa shape index (κ1) is 30.1. The molecule has 0 heterocycles. The van der Waals surface area contributed by atoms with Gasteiger partial charge in [-0.05, 0) is 74.8 Å². The molecule has 5 N–H and O–H groups in total. The van der Waals surface area contributed by atoms with E-state index in [2.05, 4.69) is 16.6 Å². The third kappa shape index (κ3) is 4.91. The number of phenolic OH excluding ortho intramolecular Hbond substituents is 1. The molecule has 13 heteroatoms. The first-order chi connectivity index (χ1) is 20.1. The van der Waals surface area contributed by atoms with Gasteiger partial charge in [-0.15, -0.1) is 0 Å². The number of Topliss-reactive ketones (excluding diaryl/α,β-unsaturated/α-hetero) is 4. The average molecular weight is 608 g/mol. The van der Waals surface area contributed by atoms with Gasteiger partial charge in [-0.2, -0.15) is 0 Å². The summed E-state index contributed by atoms with van der Waals surface area (Å²) in [7, 11) is -0.417. The molecule has 12 nitrogen and oxygen atoms in total. The molecule has 6 atom stereocenters. The number of carbonyl (C=O) groups is 5. The lowest BCUT2D eigenvalue weighted by atomic mass is 9.52. The number of sulfonamides is 1. The number of aromatic hydroxyl groups is 1. The molecule has 0 aliphatic heterocycles. The van der Waals surface area contributed by atoms with Gasteiger partial charge in [0, 0.05) is 22.7 Å². The Balaban J connectivity index is 1.54. The molecule has 43 heavy (non-hydrogen) atoms. The minimum absolute atomic E-state index is 0.0682. The van der Waals surface area contributed by atoms with Crippen molar-refractivity contribution in [1.82, 2.24) is 4.90 Å². The van der Waals surface area contributed by atoms with E-state index in [0.717, 1.165) is 6.26 Å². The molecule has 224 valence electrons. The number of aliphatic hydroxyl groups is 1. The van der Waals surface area contributed by atoms with Crippen molar-refractivity contribution in [2.24, 2.45) is 29.4 Å². The van der Waals surface area contributed by atoms with Crippen LogP contribution in [0.25, 0.3) is 0 Å². The molecule has 2 aromatic carbocycles. The van der Waals surface area contributed by atoms with Crippen LogP contribution in [0.5, 0.6) is 5.75 Å². The zero-order valence-corrected chi connectivity index (χ0v) is 24.3. The van der Waals surface area contributed by atoms with E-state index in [1.807, 2.05) is 0 Å². The van der Waals surface area contributed by atoms with E-state index in [1.165, 1.54) is 43.3 Å².